The zero-order chi connectivity index (χ0) is 21.6. The fourth-order valence-corrected chi connectivity index (χ4v) is 7.69. The van der Waals surface area contributed by atoms with Crippen LogP contribution in [0.5, 0.6) is 11.5 Å². The van der Waals surface area contributed by atoms with E-state index in [-0.39, 0.29) is 5.37 Å². The van der Waals surface area contributed by atoms with Crippen molar-refractivity contribution < 1.29 is 17.9 Å². The van der Waals surface area contributed by atoms with Crippen molar-refractivity contribution >= 4 is 21.8 Å². The Balaban J connectivity index is 1.52. The van der Waals surface area contributed by atoms with E-state index in [9.17, 15) is 8.42 Å². The second-order valence-corrected chi connectivity index (χ2v) is 10.7. The van der Waals surface area contributed by atoms with E-state index in [1.165, 1.54) is 11.1 Å². The minimum Gasteiger partial charge on any atom is -0.497 e. The molecule has 5 nitrogen and oxygen atoms in total. The Labute approximate surface area is 187 Å². The number of hydrogen-bond donors (Lipinski definition) is 0. The summed E-state index contributed by atoms with van der Waals surface area (Å²) in [6.07, 6.45) is 0.761. The number of methoxy groups -OCH3 is 2. The van der Waals surface area contributed by atoms with Gasteiger partial charge in [0.15, 0.2) is 0 Å². The summed E-state index contributed by atoms with van der Waals surface area (Å²) in [6.45, 7) is 0.454. The molecule has 1 aliphatic heterocycles. The summed E-state index contributed by atoms with van der Waals surface area (Å²) in [5, 5.41) is -0.361. The molecule has 0 N–H and O–H groups in total. The van der Waals surface area contributed by atoms with Crippen molar-refractivity contribution in [1.29, 1.82) is 0 Å². The standard InChI is InChI=1S/C24H23NO4S2/c1-28-18-7-10-23(29-2)22(15-18)24-25(11-12-30-24)31(26,27)19-8-9-21-17(14-19)13-16-5-3-4-6-20(16)21/h3-10,14-15,24H,11-13H2,1-2H3. The maximum Gasteiger partial charge on any atom is 0.244 e. The Bertz CT molecular complexity index is 1260. The normalized spacial score (nSPS) is 17.9. The molecule has 31 heavy (non-hydrogen) atoms. The summed E-state index contributed by atoms with van der Waals surface area (Å²) < 4.78 is 39.9. The van der Waals surface area contributed by atoms with Gasteiger partial charge in [-0.1, -0.05) is 30.3 Å². The minimum absolute atomic E-state index is 0.341. The quantitative estimate of drug-likeness (QED) is 0.438. The number of hydrogen-bond acceptors (Lipinski definition) is 5. The van der Waals surface area contributed by atoms with E-state index in [1.54, 1.807) is 36.4 Å². The summed E-state index contributed by atoms with van der Waals surface area (Å²) >= 11 is 1.60. The van der Waals surface area contributed by atoms with E-state index in [1.807, 2.05) is 42.5 Å². The van der Waals surface area contributed by atoms with Crippen LogP contribution in [-0.2, 0) is 16.4 Å². The maximum atomic E-state index is 13.7. The molecule has 7 heteroatoms. The highest BCUT2D eigenvalue weighted by Gasteiger charge is 2.39. The Hall–Kier alpha value is -2.48. The van der Waals surface area contributed by atoms with E-state index in [0.29, 0.717) is 22.9 Å². The van der Waals surface area contributed by atoms with Crippen molar-refractivity contribution in [2.45, 2.75) is 16.7 Å². The molecule has 3 aromatic carbocycles. The Morgan fingerprint density at radius 3 is 2.55 bits per heavy atom. The second-order valence-electron chi connectivity index (χ2n) is 7.60. The van der Waals surface area contributed by atoms with E-state index in [0.717, 1.165) is 28.9 Å². The van der Waals surface area contributed by atoms with E-state index >= 15 is 0 Å². The highest BCUT2D eigenvalue weighted by molar-refractivity contribution is 8.01. The van der Waals surface area contributed by atoms with Gasteiger partial charge < -0.3 is 9.47 Å². The van der Waals surface area contributed by atoms with Crippen LogP contribution in [0.4, 0.5) is 0 Å². The highest BCUT2D eigenvalue weighted by Crippen LogP contribution is 2.46. The molecule has 1 aliphatic carbocycles. The van der Waals surface area contributed by atoms with Crippen LogP contribution in [0.15, 0.2) is 65.6 Å². The molecule has 0 spiro atoms. The van der Waals surface area contributed by atoms with Gasteiger partial charge in [0.05, 0.1) is 24.5 Å². The van der Waals surface area contributed by atoms with Crippen LogP contribution < -0.4 is 9.47 Å². The Morgan fingerprint density at radius 1 is 0.935 bits per heavy atom. The molecular weight excluding hydrogens is 430 g/mol. The average molecular weight is 454 g/mol. The lowest BCUT2D eigenvalue weighted by Gasteiger charge is -2.25. The molecule has 0 radical (unpaired) electrons. The van der Waals surface area contributed by atoms with Gasteiger partial charge in [0, 0.05) is 17.9 Å². The SMILES string of the molecule is COc1ccc(OC)c(C2SCCN2S(=O)(=O)c2ccc3c(c2)Cc2ccccc2-3)c1. The van der Waals surface area contributed by atoms with Crippen molar-refractivity contribution in [3.8, 4) is 22.6 Å². The van der Waals surface area contributed by atoms with Gasteiger partial charge in [-0.05, 0) is 59.0 Å². The molecule has 3 aromatic rings. The lowest BCUT2D eigenvalue weighted by Crippen LogP contribution is -2.30. The third-order valence-corrected chi connectivity index (χ3v) is 9.16. The van der Waals surface area contributed by atoms with Gasteiger partial charge in [-0.25, -0.2) is 8.42 Å². The van der Waals surface area contributed by atoms with E-state index in [2.05, 4.69) is 12.1 Å². The molecule has 1 heterocycles. The first-order valence-electron chi connectivity index (χ1n) is 10.1. The van der Waals surface area contributed by atoms with Crippen molar-refractivity contribution in [3.63, 3.8) is 0 Å². The molecule has 2 aliphatic rings. The summed E-state index contributed by atoms with van der Waals surface area (Å²) in [5.41, 5.74) is 5.42. The molecule has 1 fully saturated rings. The molecule has 0 saturated carbocycles. The Morgan fingerprint density at radius 2 is 1.74 bits per heavy atom. The first-order valence-corrected chi connectivity index (χ1v) is 12.6. The maximum absolute atomic E-state index is 13.7. The largest absolute Gasteiger partial charge is 0.497 e. The van der Waals surface area contributed by atoms with Crippen LogP contribution in [0.1, 0.15) is 22.1 Å². The number of thioether (sulfide) groups is 1. The van der Waals surface area contributed by atoms with Gasteiger partial charge >= 0.3 is 0 Å². The fraction of sp³-hybridized carbons (Fsp3) is 0.250. The molecular formula is C24H23NO4S2. The predicted octanol–water partition coefficient (Wildman–Crippen LogP) is 4.71. The molecule has 1 saturated heterocycles. The zero-order valence-corrected chi connectivity index (χ0v) is 19.0. The zero-order valence-electron chi connectivity index (χ0n) is 17.4. The van der Waals surface area contributed by atoms with Crippen LogP contribution >= 0.6 is 11.8 Å². The van der Waals surface area contributed by atoms with Crippen molar-refractivity contribution in [2.75, 3.05) is 26.5 Å². The number of benzene rings is 3. The summed E-state index contributed by atoms with van der Waals surface area (Å²) in [6, 6.07) is 19.3. The molecule has 5 rings (SSSR count). The summed E-state index contributed by atoms with van der Waals surface area (Å²) in [4.78, 5) is 0.341. The van der Waals surface area contributed by atoms with Crippen molar-refractivity contribution in [3.05, 3.63) is 77.4 Å². The number of nitrogens with zero attached hydrogens (tertiary/aromatic N) is 1. The van der Waals surface area contributed by atoms with E-state index < -0.39 is 10.0 Å². The molecule has 0 aromatic heterocycles. The summed E-state index contributed by atoms with van der Waals surface area (Å²) in [5.74, 6) is 2.06. The molecule has 0 bridgehead atoms. The molecule has 160 valence electrons. The van der Waals surface area contributed by atoms with Gasteiger partial charge in [-0.3, -0.25) is 0 Å². The lowest BCUT2D eigenvalue weighted by atomic mass is 10.1. The minimum atomic E-state index is -3.67. The van der Waals surface area contributed by atoms with Gasteiger partial charge in [-0.2, -0.15) is 4.31 Å². The fourth-order valence-electron chi connectivity index (χ4n) is 4.40. The number of rotatable bonds is 5. The monoisotopic (exact) mass is 453 g/mol. The average Bonchev–Trinajstić information content (AvgIpc) is 3.43. The first kappa shape index (κ1) is 20.4. The third-order valence-electron chi connectivity index (χ3n) is 5.92. The number of ether oxygens (including phenoxy) is 2. The second kappa shape index (κ2) is 7.89. The van der Waals surface area contributed by atoms with Crippen LogP contribution in [-0.4, -0.2) is 39.2 Å². The van der Waals surface area contributed by atoms with Crippen LogP contribution in [0.2, 0.25) is 0 Å². The third kappa shape index (κ3) is 3.41. The van der Waals surface area contributed by atoms with Gasteiger partial charge in [-0.15, -0.1) is 11.8 Å². The molecule has 1 atom stereocenters. The van der Waals surface area contributed by atoms with Gasteiger partial charge in [0.25, 0.3) is 0 Å². The Kier molecular flexibility index (Phi) is 5.20. The van der Waals surface area contributed by atoms with Crippen molar-refractivity contribution in [1.82, 2.24) is 4.31 Å². The lowest BCUT2D eigenvalue weighted by molar-refractivity contribution is 0.382. The van der Waals surface area contributed by atoms with Crippen LogP contribution in [0.25, 0.3) is 11.1 Å². The number of sulfonamides is 1. The van der Waals surface area contributed by atoms with Crippen LogP contribution in [0, 0.1) is 0 Å². The number of fused-ring (bicyclic) bond motifs is 3. The molecule has 1 unspecified atom stereocenters. The summed E-state index contributed by atoms with van der Waals surface area (Å²) in [7, 11) is -0.473. The van der Waals surface area contributed by atoms with Crippen LogP contribution in [0.3, 0.4) is 0 Å². The van der Waals surface area contributed by atoms with Crippen molar-refractivity contribution in [2.24, 2.45) is 0 Å². The first-order chi connectivity index (χ1) is 15.0. The van der Waals surface area contributed by atoms with E-state index in [4.69, 9.17) is 9.47 Å². The smallest absolute Gasteiger partial charge is 0.244 e. The highest BCUT2D eigenvalue weighted by atomic mass is 32.2. The molecule has 0 amide bonds. The van der Waals surface area contributed by atoms with Gasteiger partial charge in [0.2, 0.25) is 10.0 Å². The van der Waals surface area contributed by atoms with Gasteiger partial charge in [0.1, 0.15) is 11.5 Å². The predicted molar refractivity (Wildman–Crippen MR) is 123 cm³/mol. The topological polar surface area (TPSA) is 55.8 Å².